The number of anilines is 2. The molecule has 0 aliphatic heterocycles. The zero-order valence-electron chi connectivity index (χ0n) is 9.92. The number of aromatic amines is 1. The van der Waals surface area contributed by atoms with E-state index in [4.69, 9.17) is 5.73 Å². The molecule has 2 aromatic carbocycles. The first-order chi connectivity index (χ1) is 9.22. The normalized spacial score (nSPS) is 10.5. The summed E-state index contributed by atoms with van der Waals surface area (Å²) >= 11 is 0. The van der Waals surface area contributed by atoms with Crippen LogP contribution in [0, 0.1) is 0 Å². The Balaban J connectivity index is 1.87. The summed E-state index contributed by atoms with van der Waals surface area (Å²) in [5.74, 6) is -0.242. The number of nitrogens with zero attached hydrogens (tertiary/aromatic N) is 2. The quantitative estimate of drug-likeness (QED) is 0.648. The van der Waals surface area contributed by atoms with E-state index >= 15 is 0 Å². The summed E-state index contributed by atoms with van der Waals surface area (Å²) in [4.78, 5) is 15.6. The summed E-state index contributed by atoms with van der Waals surface area (Å²) in [6, 6.07) is 13.6. The minimum Gasteiger partial charge on any atom is -0.366 e. The zero-order valence-corrected chi connectivity index (χ0v) is 9.92. The second-order valence-corrected chi connectivity index (χ2v) is 4.06. The summed E-state index contributed by atoms with van der Waals surface area (Å²) in [5, 5.41) is 11.0. The maximum absolute atomic E-state index is 11.9. The van der Waals surface area contributed by atoms with Gasteiger partial charge in [-0.15, -0.1) is 5.10 Å². The van der Waals surface area contributed by atoms with Crippen LogP contribution >= 0.6 is 0 Å². The molecule has 6 heteroatoms. The highest BCUT2D eigenvalue weighted by Gasteiger charge is 2.10. The van der Waals surface area contributed by atoms with E-state index < -0.39 is 0 Å². The molecule has 0 atom stereocenters. The van der Waals surface area contributed by atoms with Crippen LogP contribution in [0.5, 0.6) is 0 Å². The molecule has 0 saturated heterocycles. The number of nitrogens with two attached hydrogens (primary N) is 1. The summed E-state index contributed by atoms with van der Waals surface area (Å²) in [7, 11) is 0. The third-order valence-corrected chi connectivity index (χ3v) is 2.73. The van der Waals surface area contributed by atoms with Crippen LogP contribution in [0.15, 0.2) is 42.5 Å². The Kier molecular flexibility index (Phi) is 2.60. The van der Waals surface area contributed by atoms with E-state index in [1.54, 1.807) is 0 Å². The predicted molar refractivity (Wildman–Crippen MR) is 72.7 cm³/mol. The topological polar surface area (TPSA) is 96.7 Å². The Morgan fingerprint density at radius 2 is 1.95 bits per heavy atom. The fraction of sp³-hybridized carbons (Fsp3) is 0. The maximum Gasteiger partial charge on any atom is 0.293 e. The van der Waals surface area contributed by atoms with Gasteiger partial charge in [0.25, 0.3) is 5.91 Å². The summed E-state index contributed by atoms with van der Waals surface area (Å²) in [6.45, 7) is 0. The molecule has 0 unspecified atom stereocenters. The van der Waals surface area contributed by atoms with Crippen LogP contribution in [-0.4, -0.2) is 21.1 Å². The number of nitrogens with one attached hydrogen (secondary N) is 2. The van der Waals surface area contributed by atoms with Crippen LogP contribution in [0.1, 0.15) is 10.6 Å². The van der Waals surface area contributed by atoms with Crippen molar-refractivity contribution in [2.45, 2.75) is 0 Å². The number of rotatable bonds is 2. The van der Waals surface area contributed by atoms with Crippen LogP contribution < -0.4 is 11.1 Å². The van der Waals surface area contributed by atoms with Crippen molar-refractivity contribution in [3.63, 3.8) is 0 Å². The van der Waals surface area contributed by atoms with Gasteiger partial charge in [-0.25, -0.2) is 0 Å². The number of H-pyrrole nitrogens is 1. The number of hydrogen-bond acceptors (Lipinski definition) is 4. The molecular formula is C13H11N5O. The second-order valence-electron chi connectivity index (χ2n) is 4.06. The van der Waals surface area contributed by atoms with Crippen LogP contribution in [0.2, 0.25) is 0 Å². The Labute approximate surface area is 108 Å². The number of carbonyl (C=O) groups is 1. The first-order valence-corrected chi connectivity index (χ1v) is 5.70. The van der Waals surface area contributed by atoms with Gasteiger partial charge in [-0.2, -0.15) is 4.98 Å². The lowest BCUT2D eigenvalue weighted by atomic mass is 10.1. The molecule has 1 amide bonds. The van der Waals surface area contributed by atoms with Crippen molar-refractivity contribution in [1.29, 1.82) is 0 Å². The smallest absolute Gasteiger partial charge is 0.293 e. The second kappa shape index (κ2) is 4.41. The zero-order chi connectivity index (χ0) is 13.2. The van der Waals surface area contributed by atoms with Crippen molar-refractivity contribution in [2.24, 2.45) is 0 Å². The van der Waals surface area contributed by atoms with Crippen LogP contribution in [0.25, 0.3) is 10.8 Å². The number of aromatic nitrogens is 3. The molecule has 0 aliphatic rings. The Morgan fingerprint density at radius 1 is 1.16 bits per heavy atom. The van der Waals surface area contributed by atoms with Crippen molar-refractivity contribution in [3.05, 3.63) is 48.3 Å². The van der Waals surface area contributed by atoms with Gasteiger partial charge >= 0.3 is 0 Å². The predicted octanol–water partition coefficient (Wildman–Crippen LogP) is 1.79. The molecule has 6 nitrogen and oxygen atoms in total. The van der Waals surface area contributed by atoms with Crippen molar-refractivity contribution in [3.8, 4) is 0 Å². The van der Waals surface area contributed by atoms with Crippen molar-refractivity contribution >= 4 is 28.3 Å². The average molecular weight is 253 g/mol. The van der Waals surface area contributed by atoms with Crippen LogP contribution in [0.4, 0.5) is 11.6 Å². The molecule has 0 saturated carbocycles. The molecule has 1 heterocycles. The highest BCUT2D eigenvalue weighted by molar-refractivity contribution is 6.02. The average Bonchev–Trinajstić information content (AvgIpc) is 2.85. The van der Waals surface area contributed by atoms with E-state index in [2.05, 4.69) is 20.5 Å². The molecule has 0 bridgehead atoms. The maximum atomic E-state index is 11.9. The molecule has 3 aromatic rings. The number of carbonyl (C=O) groups excluding carboxylic acids is 1. The molecule has 19 heavy (non-hydrogen) atoms. The fourth-order valence-electron chi connectivity index (χ4n) is 1.83. The van der Waals surface area contributed by atoms with Gasteiger partial charge in [-0.1, -0.05) is 30.3 Å². The third kappa shape index (κ3) is 2.23. The third-order valence-electron chi connectivity index (χ3n) is 2.73. The monoisotopic (exact) mass is 253 g/mol. The van der Waals surface area contributed by atoms with Gasteiger partial charge < -0.3 is 11.1 Å². The number of fused-ring (bicyclic) bond motifs is 1. The lowest BCUT2D eigenvalue weighted by Gasteiger charge is -2.04. The van der Waals surface area contributed by atoms with Crippen LogP contribution in [-0.2, 0) is 0 Å². The van der Waals surface area contributed by atoms with Gasteiger partial charge in [0.1, 0.15) is 0 Å². The molecule has 94 valence electrons. The molecule has 0 aliphatic carbocycles. The van der Waals surface area contributed by atoms with Crippen molar-refractivity contribution < 1.29 is 4.79 Å². The van der Waals surface area contributed by atoms with E-state index in [1.807, 2.05) is 42.5 Å². The Morgan fingerprint density at radius 3 is 2.68 bits per heavy atom. The minimum atomic E-state index is -0.375. The number of nitrogen functional groups attached to an aromatic ring is 1. The number of hydrogen-bond donors (Lipinski definition) is 3. The summed E-state index contributed by atoms with van der Waals surface area (Å²) < 4.78 is 0. The van der Waals surface area contributed by atoms with Crippen molar-refractivity contribution in [2.75, 3.05) is 11.1 Å². The molecule has 0 radical (unpaired) electrons. The standard InChI is InChI=1S/C13H11N5O/c14-13-16-11(17-18-13)12(19)15-10-6-5-8-3-1-2-4-9(8)7-10/h1-7H,(H,15,19)(H3,14,16,17,18). The number of benzene rings is 2. The van der Waals surface area contributed by atoms with Crippen LogP contribution in [0.3, 0.4) is 0 Å². The molecule has 1 aromatic heterocycles. The van der Waals surface area contributed by atoms with Gasteiger partial charge in [0, 0.05) is 5.69 Å². The number of amides is 1. The first-order valence-electron chi connectivity index (χ1n) is 5.70. The van der Waals surface area contributed by atoms with E-state index in [0.29, 0.717) is 5.69 Å². The summed E-state index contributed by atoms with van der Waals surface area (Å²) in [5.41, 5.74) is 6.04. The summed E-state index contributed by atoms with van der Waals surface area (Å²) in [6.07, 6.45) is 0. The minimum absolute atomic E-state index is 0.0451. The van der Waals surface area contributed by atoms with Gasteiger partial charge in [-0.05, 0) is 22.9 Å². The fourth-order valence-corrected chi connectivity index (χ4v) is 1.83. The Bertz CT molecular complexity index is 749. The molecule has 0 fully saturated rings. The van der Waals surface area contributed by atoms with Crippen molar-refractivity contribution in [1.82, 2.24) is 15.2 Å². The lowest BCUT2D eigenvalue weighted by molar-refractivity contribution is 0.101. The highest BCUT2D eigenvalue weighted by Crippen LogP contribution is 2.19. The van der Waals surface area contributed by atoms with E-state index in [-0.39, 0.29) is 17.7 Å². The largest absolute Gasteiger partial charge is 0.366 e. The molecule has 4 N–H and O–H groups in total. The molecular weight excluding hydrogens is 242 g/mol. The molecule has 0 spiro atoms. The van der Waals surface area contributed by atoms with Gasteiger partial charge in [0.15, 0.2) is 0 Å². The van der Waals surface area contributed by atoms with Gasteiger partial charge in [0.05, 0.1) is 0 Å². The SMILES string of the molecule is Nc1n[nH]c(C(=O)Nc2ccc3ccccc3c2)n1. The first kappa shape index (κ1) is 11.2. The Hall–Kier alpha value is -2.89. The van der Waals surface area contributed by atoms with Gasteiger partial charge in [-0.3, -0.25) is 9.89 Å². The van der Waals surface area contributed by atoms with E-state index in [9.17, 15) is 4.79 Å². The van der Waals surface area contributed by atoms with Gasteiger partial charge in [0.2, 0.25) is 11.8 Å². The van der Waals surface area contributed by atoms with E-state index in [0.717, 1.165) is 10.8 Å². The lowest BCUT2D eigenvalue weighted by Crippen LogP contribution is -2.13. The van der Waals surface area contributed by atoms with E-state index in [1.165, 1.54) is 0 Å². The molecule has 3 rings (SSSR count). The highest BCUT2D eigenvalue weighted by atomic mass is 16.2.